The summed E-state index contributed by atoms with van der Waals surface area (Å²) in [4.78, 5) is 12.6. The first-order valence-electron chi connectivity index (χ1n) is 8.70. The van der Waals surface area contributed by atoms with E-state index in [2.05, 4.69) is 31.3 Å². The van der Waals surface area contributed by atoms with E-state index in [0.29, 0.717) is 36.1 Å². The highest BCUT2D eigenvalue weighted by Gasteiger charge is 2.18. The molecule has 2 rings (SSSR count). The molecule has 0 bridgehead atoms. The molecule has 0 heterocycles. The van der Waals surface area contributed by atoms with Gasteiger partial charge in [-0.05, 0) is 36.6 Å². The molecule has 4 nitrogen and oxygen atoms in total. The van der Waals surface area contributed by atoms with E-state index in [4.69, 9.17) is 9.47 Å². The highest BCUT2D eigenvalue weighted by molar-refractivity contribution is 5.94. The lowest BCUT2D eigenvalue weighted by atomic mass is 9.88. The first-order valence-corrected chi connectivity index (χ1v) is 8.70. The van der Waals surface area contributed by atoms with Crippen LogP contribution in [0.5, 0.6) is 11.5 Å². The first kappa shape index (κ1) is 18.8. The van der Waals surface area contributed by atoms with E-state index >= 15 is 0 Å². The Balaban J connectivity index is 2.09. The van der Waals surface area contributed by atoms with Gasteiger partial charge in [-0.15, -0.1) is 0 Å². The molecule has 0 saturated heterocycles. The van der Waals surface area contributed by atoms with Crippen LogP contribution in [0.1, 0.15) is 42.6 Å². The maximum absolute atomic E-state index is 12.6. The van der Waals surface area contributed by atoms with Gasteiger partial charge < -0.3 is 14.8 Å². The number of benzene rings is 2. The number of carbonyl (C=O) groups excluding carboxylic acids is 1. The molecule has 0 fully saturated rings. The quantitative estimate of drug-likeness (QED) is 0.780. The van der Waals surface area contributed by atoms with Crippen LogP contribution in [0, 0.1) is 5.92 Å². The smallest absolute Gasteiger partial charge is 0.251 e. The summed E-state index contributed by atoms with van der Waals surface area (Å²) in [5.74, 6) is 1.81. The highest BCUT2D eigenvalue weighted by atomic mass is 16.5. The molecule has 0 saturated carbocycles. The van der Waals surface area contributed by atoms with Crippen LogP contribution in [-0.4, -0.2) is 26.2 Å². The lowest BCUT2D eigenvalue weighted by molar-refractivity contribution is 0.0948. The fourth-order valence-corrected chi connectivity index (χ4v) is 2.83. The lowest BCUT2D eigenvalue weighted by Gasteiger charge is -2.22. The van der Waals surface area contributed by atoms with Crippen LogP contribution in [0.25, 0.3) is 0 Å². The molecule has 25 heavy (non-hydrogen) atoms. The van der Waals surface area contributed by atoms with Crippen molar-refractivity contribution in [3.8, 4) is 11.5 Å². The monoisotopic (exact) mass is 341 g/mol. The van der Waals surface area contributed by atoms with Crippen LogP contribution in [0.4, 0.5) is 0 Å². The standard InChI is InChI=1S/C21H27NO3/c1-5-25-20-13-17(11-12-19(20)24-4)21(23)22-14-18(15(2)3)16-9-7-6-8-10-16/h6-13,15,18H,5,14H2,1-4H3,(H,22,23). The van der Waals surface area contributed by atoms with Crippen LogP contribution < -0.4 is 14.8 Å². The molecule has 0 aliphatic carbocycles. The summed E-state index contributed by atoms with van der Waals surface area (Å²) in [6.07, 6.45) is 0. The van der Waals surface area contributed by atoms with Gasteiger partial charge in [-0.25, -0.2) is 0 Å². The number of nitrogens with one attached hydrogen (secondary N) is 1. The zero-order chi connectivity index (χ0) is 18.2. The Morgan fingerprint density at radius 1 is 1.08 bits per heavy atom. The zero-order valence-corrected chi connectivity index (χ0v) is 15.4. The second-order valence-electron chi connectivity index (χ2n) is 6.27. The Labute approximate surface area is 150 Å². The van der Waals surface area contributed by atoms with Crippen LogP contribution in [0.3, 0.4) is 0 Å². The Morgan fingerprint density at radius 3 is 2.40 bits per heavy atom. The Morgan fingerprint density at radius 2 is 1.80 bits per heavy atom. The highest BCUT2D eigenvalue weighted by Crippen LogP contribution is 2.28. The molecule has 0 aromatic heterocycles. The van der Waals surface area contributed by atoms with Crippen molar-refractivity contribution in [3.63, 3.8) is 0 Å². The minimum absolute atomic E-state index is 0.106. The Hall–Kier alpha value is -2.49. The Bertz CT molecular complexity index is 683. The molecule has 2 aromatic rings. The summed E-state index contributed by atoms with van der Waals surface area (Å²) >= 11 is 0. The second-order valence-corrected chi connectivity index (χ2v) is 6.27. The second kappa shape index (κ2) is 9.11. The van der Waals surface area contributed by atoms with Crippen LogP contribution in [-0.2, 0) is 0 Å². The third-order valence-electron chi connectivity index (χ3n) is 4.24. The van der Waals surface area contributed by atoms with E-state index in [0.717, 1.165) is 0 Å². The minimum atomic E-state index is -0.106. The number of hydrogen-bond donors (Lipinski definition) is 1. The molecule has 134 valence electrons. The first-order chi connectivity index (χ1) is 12.1. The van der Waals surface area contributed by atoms with Gasteiger partial charge in [0.05, 0.1) is 13.7 Å². The molecule has 0 aliphatic heterocycles. The van der Waals surface area contributed by atoms with Crippen molar-refractivity contribution < 1.29 is 14.3 Å². The van der Waals surface area contributed by atoms with Gasteiger partial charge in [0.25, 0.3) is 5.91 Å². The van der Waals surface area contributed by atoms with Gasteiger partial charge in [-0.3, -0.25) is 4.79 Å². The molecule has 0 spiro atoms. The average Bonchev–Trinajstić information content (AvgIpc) is 2.62. The van der Waals surface area contributed by atoms with Gasteiger partial charge in [0.2, 0.25) is 0 Å². The van der Waals surface area contributed by atoms with E-state index in [1.54, 1.807) is 25.3 Å². The van der Waals surface area contributed by atoms with Gasteiger partial charge >= 0.3 is 0 Å². The fourth-order valence-electron chi connectivity index (χ4n) is 2.83. The average molecular weight is 341 g/mol. The van der Waals surface area contributed by atoms with Crippen molar-refractivity contribution in [1.82, 2.24) is 5.32 Å². The summed E-state index contributed by atoms with van der Waals surface area (Å²) in [5, 5.41) is 3.05. The fraction of sp³-hybridized carbons (Fsp3) is 0.381. The molecule has 1 atom stereocenters. The van der Waals surface area contributed by atoms with Crippen molar-refractivity contribution in [1.29, 1.82) is 0 Å². The predicted molar refractivity (Wildman–Crippen MR) is 101 cm³/mol. The third kappa shape index (κ3) is 4.99. The summed E-state index contributed by atoms with van der Waals surface area (Å²) in [5.41, 5.74) is 1.81. The summed E-state index contributed by atoms with van der Waals surface area (Å²) in [6.45, 7) is 7.36. The molecule has 2 aromatic carbocycles. The molecule has 1 unspecified atom stereocenters. The number of rotatable bonds is 8. The topological polar surface area (TPSA) is 47.6 Å². The number of methoxy groups -OCH3 is 1. The molecular weight excluding hydrogens is 314 g/mol. The number of ether oxygens (including phenoxy) is 2. The number of carbonyl (C=O) groups is 1. The maximum atomic E-state index is 12.6. The molecule has 0 aliphatic rings. The minimum Gasteiger partial charge on any atom is -0.493 e. The number of amides is 1. The van der Waals surface area contributed by atoms with Crippen molar-refractivity contribution in [3.05, 3.63) is 59.7 Å². The lowest BCUT2D eigenvalue weighted by Crippen LogP contribution is -2.30. The number of hydrogen-bond acceptors (Lipinski definition) is 3. The predicted octanol–water partition coefficient (Wildman–Crippen LogP) is 4.26. The Kier molecular flexibility index (Phi) is 6.87. The van der Waals surface area contributed by atoms with Gasteiger partial charge in [0.15, 0.2) is 11.5 Å². The molecule has 1 amide bonds. The normalized spacial score (nSPS) is 11.9. The SMILES string of the molecule is CCOc1cc(C(=O)NCC(c2ccccc2)C(C)C)ccc1OC. The van der Waals surface area contributed by atoms with Crippen LogP contribution >= 0.6 is 0 Å². The van der Waals surface area contributed by atoms with Crippen molar-refractivity contribution in [2.24, 2.45) is 5.92 Å². The largest absolute Gasteiger partial charge is 0.493 e. The molecule has 1 N–H and O–H groups in total. The van der Waals surface area contributed by atoms with Crippen LogP contribution in [0.15, 0.2) is 48.5 Å². The van der Waals surface area contributed by atoms with Crippen LogP contribution in [0.2, 0.25) is 0 Å². The summed E-state index contributed by atoms with van der Waals surface area (Å²) in [6, 6.07) is 15.5. The van der Waals surface area contributed by atoms with Gasteiger partial charge in [0, 0.05) is 18.0 Å². The van der Waals surface area contributed by atoms with Gasteiger partial charge in [-0.1, -0.05) is 44.2 Å². The zero-order valence-electron chi connectivity index (χ0n) is 15.4. The molecular formula is C21H27NO3. The van der Waals surface area contributed by atoms with E-state index in [-0.39, 0.29) is 11.8 Å². The molecule has 4 heteroatoms. The summed E-state index contributed by atoms with van der Waals surface area (Å²) in [7, 11) is 1.59. The maximum Gasteiger partial charge on any atom is 0.251 e. The van der Waals surface area contributed by atoms with Crippen molar-refractivity contribution in [2.45, 2.75) is 26.7 Å². The van der Waals surface area contributed by atoms with E-state index in [1.165, 1.54) is 5.56 Å². The van der Waals surface area contributed by atoms with Crippen molar-refractivity contribution >= 4 is 5.91 Å². The molecule has 0 radical (unpaired) electrons. The van der Waals surface area contributed by atoms with Gasteiger partial charge in [0.1, 0.15) is 0 Å². The summed E-state index contributed by atoms with van der Waals surface area (Å²) < 4.78 is 10.8. The van der Waals surface area contributed by atoms with E-state index < -0.39 is 0 Å². The van der Waals surface area contributed by atoms with E-state index in [1.807, 2.05) is 25.1 Å². The van der Waals surface area contributed by atoms with E-state index in [9.17, 15) is 4.79 Å². The van der Waals surface area contributed by atoms with Crippen molar-refractivity contribution in [2.75, 3.05) is 20.3 Å². The third-order valence-corrected chi connectivity index (χ3v) is 4.24. The van der Waals surface area contributed by atoms with Gasteiger partial charge in [-0.2, -0.15) is 0 Å².